The molecule has 0 radical (unpaired) electrons. The molecule has 1 amide bonds. The summed E-state index contributed by atoms with van der Waals surface area (Å²) in [6, 6.07) is 1.96. The van der Waals surface area contributed by atoms with Crippen molar-refractivity contribution in [2.24, 2.45) is 5.73 Å². The first kappa shape index (κ1) is 13.1. The molecule has 2 rings (SSSR count). The molecule has 0 aliphatic carbocycles. The van der Waals surface area contributed by atoms with Crippen LogP contribution in [0.3, 0.4) is 0 Å². The van der Waals surface area contributed by atoms with Gasteiger partial charge in [-0.2, -0.15) is 0 Å². The van der Waals surface area contributed by atoms with E-state index in [1.165, 1.54) is 16.7 Å². The summed E-state index contributed by atoms with van der Waals surface area (Å²) in [4.78, 5) is 15.5. The average Bonchev–Trinajstić information content (AvgIpc) is 2.66. The number of carbonyl (C=O) groups excluding carboxylic acids is 1. The van der Waals surface area contributed by atoms with E-state index in [0.29, 0.717) is 16.9 Å². The number of amides is 1. The average molecular weight is 290 g/mol. The number of aromatic nitrogens is 2. The lowest BCUT2D eigenvalue weighted by Crippen LogP contribution is -2.25. The van der Waals surface area contributed by atoms with E-state index in [1.807, 2.05) is 0 Å². The van der Waals surface area contributed by atoms with Gasteiger partial charge < -0.3 is 10.3 Å². The van der Waals surface area contributed by atoms with Crippen molar-refractivity contribution < 1.29 is 9.18 Å². The zero-order chi connectivity index (χ0) is 13.4. The van der Waals surface area contributed by atoms with Crippen LogP contribution in [0.5, 0.6) is 0 Å². The molecule has 0 aliphatic heterocycles. The Morgan fingerprint density at radius 2 is 2.28 bits per heavy atom. The molecule has 2 aromatic rings. The maximum absolute atomic E-state index is 13.5. The van der Waals surface area contributed by atoms with Gasteiger partial charge in [-0.15, -0.1) is 11.6 Å². The standard InChI is InChI=1S/C11H10Cl2FN3O/c1-5(11(15)18)17-9-3-7(14)6(13)2-8(9)16-10(17)4-12/h2-3,5H,4H2,1H3,(H2,15,18). The molecule has 1 unspecified atom stereocenters. The summed E-state index contributed by atoms with van der Waals surface area (Å²) in [5.41, 5.74) is 6.18. The number of fused-ring (bicyclic) bond motifs is 1. The Kier molecular flexibility index (Phi) is 3.45. The van der Waals surface area contributed by atoms with Gasteiger partial charge in [-0.3, -0.25) is 4.79 Å². The van der Waals surface area contributed by atoms with Crippen molar-refractivity contribution in [3.8, 4) is 0 Å². The van der Waals surface area contributed by atoms with Crippen molar-refractivity contribution in [2.75, 3.05) is 0 Å². The van der Waals surface area contributed by atoms with Crippen LogP contribution in [0.2, 0.25) is 5.02 Å². The van der Waals surface area contributed by atoms with Gasteiger partial charge in [0.2, 0.25) is 5.91 Å². The van der Waals surface area contributed by atoms with Gasteiger partial charge in [-0.1, -0.05) is 11.6 Å². The molecule has 0 fully saturated rings. The van der Waals surface area contributed by atoms with Gasteiger partial charge in [-0.25, -0.2) is 9.37 Å². The van der Waals surface area contributed by atoms with Gasteiger partial charge in [0.1, 0.15) is 17.7 Å². The first-order valence-corrected chi connectivity index (χ1v) is 6.08. The highest BCUT2D eigenvalue weighted by atomic mass is 35.5. The van der Waals surface area contributed by atoms with E-state index < -0.39 is 17.8 Å². The molecule has 0 bridgehead atoms. The third-order valence-corrected chi connectivity index (χ3v) is 3.25. The number of alkyl halides is 1. The number of halogens is 3. The third kappa shape index (κ3) is 2.04. The predicted molar refractivity (Wildman–Crippen MR) is 68.2 cm³/mol. The number of nitrogens with zero attached hydrogens (tertiary/aromatic N) is 2. The van der Waals surface area contributed by atoms with Crippen molar-refractivity contribution in [3.05, 3.63) is 28.8 Å². The third-order valence-electron chi connectivity index (χ3n) is 2.72. The SMILES string of the molecule is CC(C(N)=O)n1c(CCl)nc2cc(Cl)c(F)cc21. The van der Waals surface area contributed by atoms with Crippen LogP contribution in [-0.2, 0) is 10.7 Å². The van der Waals surface area contributed by atoms with Crippen LogP contribution in [0, 0.1) is 5.82 Å². The first-order valence-electron chi connectivity index (χ1n) is 5.16. The lowest BCUT2D eigenvalue weighted by atomic mass is 10.2. The van der Waals surface area contributed by atoms with Crippen LogP contribution >= 0.6 is 23.2 Å². The smallest absolute Gasteiger partial charge is 0.240 e. The number of benzene rings is 1. The molecule has 7 heteroatoms. The molecule has 1 atom stereocenters. The van der Waals surface area contributed by atoms with Gasteiger partial charge >= 0.3 is 0 Å². The zero-order valence-corrected chi connectivity index (χ0v) is 11.0. The van der Waals surface area contributed by atoms with Crippen molar-refractivity contribution in [3.63, 3.8) is 0 Å². The predicted octanol–water partition coefficient (Wildman–Crippen LogP) is 2.61. The quantitative estimate of drug-likeness (QED) is 0.883. The van der Waals surface area contributed by atoms with E-state index in [0.717, 1.165) is 0 Å². The Morgan fingerprint density at radius 3 is 2.83 bits per heavy atom. The van der Waals surface area contributed by atoms with Crippen molar-refractivity contribution in [1.29, 1.82) is 0 Å². The van der Waals surface area contributed by atoms with Crippen LogP contribution in [0.25, 0.3) is 11.0 Å². The lowest BCUT2D eigenvalue weighted by Gasteiger charge is -2.13. The summed E-state index contributed by atoms with van der Waals surface area (Å²) in [5.74, 6) is -0.593. The van der Waals surface area contributed by atoms with E-state index in [4.69, 9.17) is 28.9 Å². The van der Waals surface area contributed by atoms with Gasteiger partial charge in [0.05, 0.1) is 21.9 Å². The minimum Gasteiger partial charge on any atom is -0.368 e. The summed E-state index contributed by atoms with van der Waals surface area (Å²) >= 11 is 11.5. The van der Waals surface area contributed by atoms with Gasteiger partial charge in [0, 0.05) is 6.07 Å². The summed E-state index contributed by atoms with van der Waals surface area (Å²) < 4.78 is 15.0. The van der Waals surface area contributed by atoms with E-state index in [9.17, 15) is 9.18 Å². The fourth-order valence-corrected chi connectivity index (χ4v) is 2.14. The fraction of sp³-hybridized carbons (Fsp3) is 0.273. The molecule has 0 aliphatic rings. The van der Waals surface area contributed by atoms with Crippen LogP contribution in [0.1, 0.15) is 18.8 Å². The number of rotatable bonds is 3. The molecule has 2 N–H and O–H groups in total. The molecule has 0 saturated heterocycles. The second-order valence-electron chi connectivity index (χ2n) is 3.87. The summed E-state index contributed by atoms with van der Waals surface area (Å²) in [5, 5.41) is -0.0278. The van der Waals surface area contributed by atoms with E-state index >= 15 is 0 Å². The molecule has 96 valence electrons. The minimum atomic E-state index is -0.663. The van der Waals surface area contributed by atoms with E-state index in [1.54, 1.807) is 6.92 Å². The van der Waals surface area contributed by atoms with Gasteiger partial charge in [0.25, 0.3) is 0 Å². The van der Waals surface area contributed by atoms with Gasteiger partial charge in [-0.05, 0) is 13.0 Å². The first-order chi connectivity index (χ1) is 8.45. The summed E-state index contributed by atoms with van der Waals surface area (Å²) in [6.07, 6.45) is 0. The Hall–Kier alpha value is -1.33. The second kappa shape index (κ2) is 4.74. The second-order valence-corrected chi connectivity index (χ2v) is 4.54. The maximum atomic E-state index is 13.5. The van der Waals surface area contributed by atoms with Crippen LogP contribution in [-0.4, -0.2) is 15.5 Å². The molecule has 1 aromatic heterocycles. The normalized spacial score (nSPS) is 12.9. The zero-order valence-electron chi connectivity index (χ0n) is 9.45. The number of imidazole rings is 1. The molecular weight excluding hydrogens is 280 g/mol. The topological polar surface area (TPSA) is 60.9 Å². The Balaban J connectivity index is 2.76. The highest BCUT2D eigenvalue weighted by molar-refractivity contribution is 6.31. The van der Waals surface area contributed by atoms with E-state index in [-0.39, 0.29) is 10.9 Å². The molecule has 1 aromatic carbocycles. The highest BCUT2D eigenvalue weighted by Crippen LogP contribution is 2.27. The monoisotopic (exact) mass is 289 g/mol. The maximum Gasteiger partial charge on any atom is 0.240 e. The largest absolute Gasteiger partial charge is 0.368 e. The Morgan fingerprint density at radius 1 is 1.61 bits per heavy atom. The van der Waals surface area contributed by atoms with Crippen LogP contribution in [0.15, 0.2) is 12.1 Å². The van der Waals surface area contributed by atoms with E-state index in [2.05, 4.69) is 4.98 Å². The van der Waals surface area contributed by atoms with Crippen molar-refractivity contribution in [2.45, 2.75) is 18.8 Å². The Bertz CT molecular complexity index is 626. The molecule has 1 heterocycles. The molecular formula is C11H10Cl2FN3O. The summed E-state index contributed by atoms with van der Waals surface area (Å²) in [6.45, 7) is 1.60. The molecule has 0 spiro atoms. The van der Waals surface area contributed by atoms with Crippen molar-refractivity contribution >= 4 is 40.1 Å². The highest BCUT2D eigenvalue weighted by Gasteiger charge is 2.20. The molecule has 4 nitrogen and oxygen atoms in total. The number of carbonyl (C=O) groups is 1. The number of hydrogen-bond acceptors (Lipinski definition) is 2. The van der Waals surface area contributed by atoms with Crippen LogP contribution in [0.4, 0.5) is 4.39 Å². The minimum absolute atomic E-state index is 0.0278. The number of nitrogens with two attached hydrogens (primary N) is 1. The lowest BCUT2D eigenvalue weighted by molar-refractivity contribution is -0.120. The number of primary amides is 1. The summed E-state index contributed by atoms with van der Waals surface area (Å²) in [7, 11) is 0. The van der Waals surface area contributed by atoms with Gasteiger partial charge in [0.15, 0.2) is 0 Å². The van der Waals surface area contributed by atoms with Crippen molar-refractivity contribution in [1.82, 2.24) is 9.55 Å². The molecule has 18 heavy (non-hydrogen) atoms. The Labute approximate surface area is 112 Å². The number of hydrogen-bond donors (Lipinski definition) is 1. The van der Waals surface area contributed by atoms with Crippen LogP contribution < -0.4 is 5.73 Å². The fourth-order valence-electron chi connectivity index (χ4n) is 1.79. The molecule has 0 saturated carbocycles.